The highest BCUT2D eigenvalue weighted by Crippen LogP contribution is 2.34. The molecule has 3 rings (SSSR count). The number of ether oxygens (including phenoxy) is 2. The second-order valence-corrected chi connectivity index (χ2v) is 7.28. The van der Waals surface area contributed by atoms with Crippen molar-refractivity contribution in [3.8, 4) is 11.5 Å². The van der Waals surface area contributed by atoms with E-state index in [9.17, 15) is 8.42 Å². The molecule has 0 radical (unpaired) electrons. The number of para-hydroxylation sites is 1. The Morgan fingerprint density at radius 2 is 1.96 bits per heavy atom. The lowest BCUT2D eigenvalue weighted by Gasteiger charge is -2.27. The number of hydrogen-bond acceptors (Lipinski definition) is 4. The number of nitrogens with one attached hydrogen (secondary N) is 1. The van der Waals surface area contributed by atoms with Crippen molar-refractivity contribution in [3.05, 3.63) is 59.7 Å². The van der Waals surface area contributed by atoms with Gasteiger partial charge in [-0.15, -0.1) is 0 Å². The maximum Gasteiger partial charge on any atom is 0.216 e. The standard InChI is InChI=1S/C17H19NO4S/c1-21-16-9-5-8-14-10-15(11-22-17(14)16)18-23(19,20)12-13-6-3-2-4-7-13/h2-9,15,18H,10-12H2,1H3/t15-/m1/s1. The fraction of sp³-hybridized carbons (Fsp3) is 0.294. The highest BCUT2D eigenvalue weighted by molar-refractivity contribution is 7.88. The fourth-order valence-electron chi connectivity index (χ4n) is 2.72. The summed E-state index contributed by atoms with van der Waals surface area (Å²) in [5.74, 6) is 1.34. The molecule has 23 heavy (non-hydrogen) atoms. The molecule has 0 unspecified atom stereocenters. The van der Waals surface area contributed by atoms with Gasteiger partial charge >= 0.3 is 0 Å². The Kier molecular flexibility index (Phi) is 4.54. The lowest BCUT2D eigenvalue weighted by Crippen LogP contribution is -2.43. The summed E-state index contributed by atoms with van der Waals surface area (Å²) in [5.41, 5.74) is 1.71. The van der Waals surface area contributed by atoms with Gasteiger partial charge in [-0.2, -0.15) is 0 Å². The van der Waals surface area contributed by atoms with Gasteiger partial charge in [-0.05, 0) is 23.6 Å². The van der Waals surface area contributed by atoms with Crippen LogP contribution in [0.3, 0.4) is 0 Å². The molecule has 2 aromatic carbocycles. The van der Waals surface area contributed by atoms with E-state index in [2.05, 4.69) is 4.72 Å². The number of fused-ring (bicyclic) bond motifs is 1. The van der Waals surface area contributed by atoms with Gasteiger partial charge in [-0.1, -0.05) is 42.5 Å². The van der Waals surface area contributed by atoms with E-state index in [0.717, 1.165) is 11.1 Å². The molecule has 5 nitrogen and oxygen atoms in total. The van der Waals surface area contributed by atoms with Crippen molar-refractivity contribution >= 4 is 10.0 Å². The zero-order chi connectivity index (χ0) is 16.3. The molecule has 122 valence electrons. The van der Waals surface area contributed by atoms with Crippen LogP contribution < -0.4 is 14.2 Å². The van der Waals surface area contributed by atoms with E-state index >= 15 is 0 Å². The Morgan fingerprint density at radius 1 is 1.17 bits per heavy atom. The maximum atomic E-state index is 12.3. The minimum atomic E-state index is -3.41. The van der Waals surface area contributed by atoms with Crippen molar-refractivity contribution in [2.24, 2.45) is 0 Å². The molecule has 0 amide bonds. The first-order valence-corrected chi connectivity index (χ1v) is 9.05. The highest BCUT2D eigenvalue weighted by atomic mass is 32.2. The Balaban J connectivity index is 1.69. The van der Waals surface area contributed by atoms with Crippen LogP contribution in [0.4, 0.5) is 0 Å². The van der Waals surface area contributed by atoms with Crippen LogP contribution in [0.5, 0.6) is 11.5 Å². The van der Waals surface area contributed by atoms with Crippen LogP contribution >= 0.6 is 0 Å². The Hall–Kier alpha value is -2.05. The summed E-state index contributed by atoms with van der Waals surface area (Å²) in [5, 5.41) is 0. The quantitative estimate of drug-likeness (QED) is 0.910. The van der Waals surface area contributed by atoms with Gasteiger partial charge in [0.15, 0.2) is 11.5 Å². The van der Waals surface area contributed by atoms with Crippen LogP contribution in [0.2, 0.25) is 0 Å². The van der Waals surface area contributed by atoms with E-state index in [1.807, 2.05) is 36.4 Å². The Bertz CT molecular complexity index is 774. The monoisotopic (exact) mass is 333 g/mol. The summed E-state index contributed by atoms with van der Waals surface area (Å²) >= 11 is 0. The number of hydrogen-bond donors (Lipinski definition) is 1. The van der Waals surface area contributed by atoms with Crippen molar-refractivity contribution < 1.29 is 17.9 Å². The topological polar surface area (TPSA) is 64.6 Å². The van der Waals surface area contributed by atoms with Crippen molar-refractivity contribution in [2.45, 2.75) is 18.2 Å². The van der Waals surface area contributed by atoms with Crippen LogP contribution in [0, 0.1) is 0 Å². The Morgan fingerprint density at radius 3 is 2.70 bits per heavy atom. The fourth-order valence-corrected chi connectivity index (χ4v) is 4.09. The molecule has 0 spiro atoms. The van der Waals surface area contributed by atoms with Gasteiger partial charge in [0.05, 0.1) is 18.9 Å². The molecule has 0 bridgehead atoms. The number of benzene rings is 2. The molecule has 6 heteroatoms. The number of sulfonamides is 1. The minimum absolute atomic E-state index is 0.0324. The lowest BCUT2D eigenvalue weighted by atomic mass is 10.0. The van der Waals surface area contributed by atoms with Gasteiger partial charge < -0.3 is 9.47 Å². The average Bonchev–Trinajstić information content (AvgIpc) is 2.54. The largest absolute Gasteiger partial charge is 0.493 e. The second-order valence-electron chi connectivity index (χ2n) is 5.52. The first-order valence-electron chi connectivity index (χ1n) is 7.40. The molecular weight excluding hydrogens is 314 g/mol. The summed E-state index contributed by atoms with van der Waals surface area (Å²) in [7, 11) is -1.82. The average molecular weight is 333 g/mol. The number of rotatable bonds is 5. The van der Waals surface area contributed by atoms with Crippen molar-refractivity contribution in [1.29, 1.82) is 0 Å². The third kappa shape index (κ3) is 3.83. The molecule has 0 aromatic heterocycles. The third-order valence-electron chi connectivity index (χ3n) is 3.72. The first kappa shape index (κ1) is 15.8. The normalized spacial score (nSPS) is 17.2. The van der Waals surface area contributed by atoms with Gasteiger partial charge in [0.25, 0.3) is 0 Å². The van der Waals surface area contributed by atoms with Crippen molar-refractivity contribution in [3.63, 3.8) is 0 Å². The van der Waals surface area contributed by atoms with E-state index in [0.29, 0.717) is 24.5 Å². The molecule has 2 aromatic rings. The van der Waals surface area contributed by atoms with Gasteiger partial charge in [0.1, 0.15) is 6.61 Å². The second kappa shape index (κ2) is 6.60. The van der Waals surface area contributed by atoms with E-state index in [1.54, 1.807) is 19.2 Å². The van der Waals surface area contributed by atoms with Crippen LogP contribution in [-0.2, 0) is 22.2 Å². The van der Waals surface area contributed by atoms with E-state index in [4.69, 9.17) is 9.47 Å². The summed E-state index contributed by atoms with van der Waals surface area (Å²) in [4.78, 5) is 0. The molecule has 1 N–H and O–H groups in total. The predicted molar refractivity (Wildman–Crippen MR) is 88.2 cm³/mol. The smallest absolute Gasteiger partial charge is 0.216 e. The number of methoxy groups -OCH3 is 1. The molecule has 1 aliphatic heterocycles. The summed E-state index contributed by atoms with van der Waals surface area (Å²) in [6.07, 6.45) is 0.584. The molecule has 1 heterocycles. The maximum absolute atomic E-state index is 12.3. The van der Waals surface area contributed by atoms with E-state index in [-0.39, 0.29) is 11.8 Å². The Labute approximate surface area is 136 Å². The van der Waals surface area contributed by atoms with Crippen molar-refractivity contribution in [2.75, 3.05) is 13.7 Å². The highest BCUT2D eigenvalue weighted by Gasteiger charge is 2.26. The molecule has 0 saturated carbocycles. The summed E-state index contributed by atoms with van der Waals surface area (Å²) < 4.78 is 38.3. The predicted octanol–water partition coefficient (Wildman–Crippen LogP) is 2.12. The molecule has 0 fully saturated rings. The van der Waals surface area contributed by atoms with Gasteiger partial charge in [-0.3, -0.25) is 0 Å². The zero-order valence-corrected chi connectivity index (χ0v) is 13.7. The molecule has 0 aliphatic carbocycles. The minimum Gasteiger partial charge on any atom is -0.493 e. The van der Waals surface area contributed by atoms with E-state index < -0.39 is 10.0 Å². The van der Waals surface area contributed by atoms with Crippen LogP contribution in [-0.4, -0.2) is 28.2 Å². The van der Waals surface area contributed by atoms with Crippen molar-refractivity contribution in [1.82, 2.24) is 4.72 Å². The summed E-state index contributed by atoms with van der Waals surface area (Å²) in [6, 6.07) is 14.5. The third-order valence-corrected chi connectivity index (χ3v) is 5.13. The molecular formula is C17H19NO4S. The van der Waals surface area contributed by atoms with Crippen LogP contribution in [0.25, 0.3) is 0 Å². The zero-order valence-electron chi connectivity index (χ0n) is 12.9. The lowest BCUT2D eigenvalue weighted by molar-refractivity contribution is 0.240. The van der Waals surface area contributed by atoms with Gasteiger partial charge in [0, 0.05) is 0 Å². The SMILES string of the molecule is COc1cccc2c1OC[C@H](NS(=O)(=O)Cc1ccccc1)C2. The van der Waals surface area contributed by atoms with Gasteiger partial charge in [-0.25, -0.2) is 13.1 Å². The molecule has 1 aliphatic rings. The molecule has 0 saturated heterocycles. The summed E-state index contributed by atoms with van der Waals surface area (Å²) in [6.45, 7) is 0.293. The van der Waals surface area contributed by atoms with Crippen LogP contribution in [0.1, 0.15) is 11.1 Å². The first-order chi connectivity index (χ1) is 11.1. The molecule has 1 atom stereocenters. The van der Waals surface area contributed by atoms with Gasteiger partial charge in [0.2, 0.25) is 10.0 Å². The van der Waals surface area contributed by atoms with Crippen LogP contribution in [0.15, 0.2) is 48.5 Å². The van der Waals surface area contributed by atoms with E-state index in [1.165, 1.54) is 0 Å².